The van der Waals surface area contributed by atoms with Crippen LogP contribution in [0.3, 0.4) is 0 Å². The third kappa shape index (κ3) is 4.79. The van der Waals surface area contributed by atoms with Crippen LogP contribution in [0.5, 0.6) is 5.75 Å². The third-order valence-electron chi connectivity index (χ3n) is 6.24. The van der Waals surface area contributed by atoms with Crippen molar-refractivity contribution in [3.8, 4) is 11.4 Å². The number of aromatic amines is 1. The van der Waals surface area contributed by atoms with Crippen LogP contribution in [-0.2, 0) is 34.4 Å². The molecule has 0 radical (unpaired) electrons. The van der Waals surface area contributed by atoms with E-state index in [4.69, 9.17) is 4.74 Å². The maximum Gasteiger partial charge on any atom is 0.276 e. The fourth-order valence-corrected chi connectivity index (χ4v) is 5.86. The highest BCUT2D eigenvalue weighted by atomic mass is 32.2. The topological polar surface area (TPSA) is 134 Å². The van der Waals surface area contributed by atoms with E-state index in [0.717, 1.165) is 9.87 Å². The summed E-state index contributed by atoms with van der Waals surface area (Å²) in [4.78, 5) is 25.6. The molecule has 5 rings (SSSR count). The highest BCUT2D eigenvalue weighted by Crippen LogP contribution is 2.29. The number of nitrogens with one attached hydrogen (secondary N) is 2. The first-order valence-electron chi connectivity index (χ1n) is 11.5. The lowest BCUT2D eigenvalue weighted by atomic mass is 10.0. The van der Waals surface area contributed by atoms with E-state index in [2.05, 4.69) is 5.10 Å². The predicted octanol–water partition coefficient (Wildman–Crippen LogP) is 2.37. The Morgan fingerprint density at radius 1 is 1.00 bits per heavy atom. The molecule has 0 aliphatic carbocycles. The maximum atomic E-state index is 13.6. The van der Waals surface area contributed by atoms with Crippen molar-refractivity contribution in [1.29, 1.82) is 0 Å². The molecule has 37 heavy (non-hydrogen) atoms. The van der Waals surface area contributed by atoms with Gasteiger partial charge in [0.2, 0.25) is 10.0 Å². The summed E-state index contributed by atoms with van der Waals surface area (Å²) in [5.41, 5.74) is 3.35. The molecule has 1 aliphatic rings. The van der Waals surface area contributed by atoms with Crippen LogP contribution in [0.4, 0.5) is 0 Å². The van der Waals surface area contributed by atoms with E-state index < -0.39 is 27.5 Å². The minimum absolute atomic E-state index is 0.0716. The van der Waals surface area contributed by atoms with Gasteiger partial charge in [0.1, 0.15) is 18.4 Å². The first kappa shape index (κ1) is 24.5. The maximum absolute atomic E-state index is 13.6. The number of rotatable bonds is 7. The Morgan fingerprint density at radius 3 is 2.30 bits per heavy atom. The Morgan fingerprint density at radius 2 is 1.65 bits per heavy atom. The number of ether oxygens (including phenoxy) is 1. The average molecular weight is 521 g/mol. The Kier molecular flexibility index (Phi) is 6.66. The Bertz CT molecular complexity index is 1570. The summed E-state index contributed by atoms with van der Waals surface area (Å²) < 4.78 is 35.2. The number of hydrogen-bond acceptors (Lipinski definition) is 6. The summed E-state index contributed by atoms with van der Waals surface area (Å²) in [6.07, 6.45) is -0.117. The van der Waals surface area contributed by atoms with E-state index in [1.807, 2.05) is 36.4 Å². The zero-order valence-electron chi connectivity index (χ0n) is 19.6. The van der Waals surface area contributed by atoms with E-state index in [1.54, 1.807) is 29.7 Å². The highest BCUT2D eigenvalue weighted by molar-refractivity contribution is 7.89. The van der Waals surface area contributed by atoms with Crippen LogP contribution < -0.4 is 15.8 Å². The summed E-state index contributed by atoms with van der Waals surface area (Å²) in [5.74, 6) is -0.421. The van der Waals surface area contributed by atoms with Crippen LogP contribution in [-0.4, -0.2) is 39.7 Å². The molecule has 1 aliphatic heterocycles. The number of carbonyl (C=O) groups is 1. The van der Waals surface area contributed by atoms with Crippen LogP contribution in [0.2, 0.25) is 0 Å². The second-order valence-corrected chi connectivity index (χ2v) is 10.4. The Labute approximate surface area is 212 Å². The van der Waals surface area contributed by atoms with Crippen LogP contribution in [0.1, 0.15) is 16.8 Å². The van der Waals surface area contributed by atoms with E-state index >= 15 is 0 Å². The molecule has 2 heterocycles. The third-order valence-corrected chi connectivity index (χ3v) is 8.11. The van der Waals surface area contributed by atoms with Gasteiger partial charge in [0, 0.05) is 18.7 Å². The van der Waals surface area contributed by atoms with E-state index in [1.165, 1.54) is 28.9 Å². The molecule has 11 heteroatoms. The number of carbonyl (C=O) groups excluding carboxylic acids is 1. The molecule has 10 nitrogen and oxygen atoms in total. The summed E-state index contributed by atoms with van der Waals surface area (Å²) >= 11 is 0. The van der Waals surface area contributed by atoms with Crippen LogP contribution in [0.15, 0.2) is 94.6 Å². The monoisotopic (exact) mass is 520 g/mol. The lowest BCUT2D eigenvalue weighted by Gasteiger charge is -2.32. The zero-order valence-corrected chi connectivity index (χ0v) is 20.4. The second-order valence-electron chi connectivity index (χ2n) is 8.54. The van der Waals surface area contributed by atoms with Gasteiger partial charge in [-0.05, 0) is 42.0 Å². The van der Waals surface area contributed by atoms with E-state index in [-0.39, 0.29) is 23.4 Å². The molecular weight excluding hydrogens is 496 g/mol. The number of sulfonamides is 1. The highest BCUT2D eigenvalue weighted by Gasteiger charge is 2.41. The molecule has 0 bridgehead atoms. The number of H-pyrrole nitrogens is 1. The van der Waals surface area contributed by atoms with Crippen LogP contribution in [0, 0.1) is 0 Å². The lowest BCUT2D eigenvalue weighted by Crippen LogP contribution is -2.52. The Hall–Kier alpha value is -4.19. The minimum atomic E-state index is -4.22. The molecule has 4 aromatic rings. The van der Waals surface area contributed by atoms with Gasteiger partial charge in [0.05, 0.1) is 16.1 Å². The van der Waals surface area contributed by atoms with Crippen molar-refractivity contribution in [3.05, 3.63) is 112 Å². The molecule has 0 saturated heterocycles. The number of aromatic nitrogens is 2. The standard InChI is InChI=1S/C26H24N4O6S/c31-25(28-33)24-15-23-22(26(32)30(27-23)19-9-5-2-6-10-19)16-29(24)37(34,35)21-13-11-20(12-14-21)36-17-18-7-3-1-4-8-18/h1-14,24,27,33H,15-17H2,(H,28,31)/t24-/m1/s1. The molecule has 0 fully saturated rings. The van der Waals surface area contributed by atoms with Gasteiger partial charge in [-0.25, -0.2) is 18.6 Å². The number of benzene rings is 3. The van der Waals surface area contributed by atoms with Crippen molar-refractivity contribution in [2.75, 3.05) is 0 Å². The van der Waals surface area contributed by atoms with Gasteiger partial charge in [-0.15, -0.1) is 0 Å². The van der Waals surface area contributed by atoms with Crippen LogP contribution >= 0.6 is 0 Å². The molecule has 1 atom stereocenters. The first-order valence-corrected chi connectivity index (χ1v) is 12.9. The quantitative estimate of drug-likeness (QED) is 0.253. The molecule has 3 N–H and O–H groups in total. The van der Waals surface area contributed by atoms with Gasteiger partial charge < -0.3 is 4.74 Å². The summed E-state index contributed by atoms with van der Waals surface area (Å²) in [6.45, 7) is -0.0149. The average Bonchev–Trinajstić information content (AvgIpc) is 3.27. The van der Waals surface area contributed by atoms with Crippen molar-refractivity contribution < 1.29 is 23.2 Å². The predicted molar refractivity (Wildman–Crippen MR) is 134 cm³/mol. The van der Waals surface area contributed by atoms with Crippen molar-refractivity contribution in [3.63, 3.8) is 0 Å². The number of para-hydroxylation sites is 1. The second kappa shape index (κ2) is 10.1. The molecule has 0 spiro atoms. The molecule has 0 unspecified atom stereocenters. The fourth-order valence-electron chi connectivity index (χ4n) is 4.30. The van der Waals surface area contributed by atoms with Gasteiger partial charge >= 0.3 is 0 Å². The number of fused-ring (bicyclic) bond motifs is 1. The smallest absolute Gasteiger partial charge is 0.276 e. The SMILES string of the molecule is O=C(NO)[C@H]1Cc2[nH]n(-c3ccccc3)c(=O)c2CN1S(=O)(=O)c1ccc(OCc2ccccc2)cc1. The normalized spacial score (nSPS) is 15.6. The van der Waals surface area contributed by atoms with Gasteiger partial charge in [-0.3, -0.25) is 19.9 Å². The Balaban J connectivity index is 1.44. The number of hydroxylamine groups is 1. The number of nitrogens with zero attached hydrogens (tertiary/aromatic N) is 2. The van der Waals surface area contributed by atoms with Crippen molar-refractivity contribution >= 4 is 15.9 Å². The molecule has 3 aromatic carbocycles. The largest absolute Gasteiger partial charge is 0.489 e. The van der Waals surface area contributed by atoms with Gasteiger partial charge in [0.25, 0.3) is 11.5 Å². The zero-order chi connectivity index (χ0) is 26.0. The van der Waals surface area contributed by atoms with Gasteiger partial charge in [0.15, 0.2) is 0 Å². The first-order chi connectivity index (χ1) is 17.9. The number of hydrogen-bond donors (Lipinski definition) is 3. The summed E-state index contributed by atoms with van der Waals surface area (Å²) in [7, 11) is -4.22. The van der Waals surface area contributed by atoms with Gasteiger partial charge in [-0.2, -0.15) is 4.31 Å². The molecule has 190 valence electrons. The van der Waals surface area contributed by atoms with E-state index in [9.17, 15) is 23.2 Å². The fraction of sp³-hybridized carbons (Fsp3) is 0.154. The lowest BCUT2D eigenvalue weighted by molar-refractivity contribution is -0.133. The van der Waals surface area contributed by atoms with Crippen LogP contribution in [0.25, 0.3) is 5.69 Å². The molecule has 0 saturated carbocycles. The summed E-state index contributed by atoms with van der Waals surface area (Å²) in [5, 5.41) is 12.3. The van der Waals surface area contributed by atoms with Crippen molar-refractivity contribution in [1.82, 2.24) is 19.6 Å². The van der Waals surface area contributed by atoms with Crippen molar-refractivity contribution in [2.45, 2.75) is 30.5 Å². The van der Waals surface area contributed by atoms with E-state index in [0.29, 0.717) is 23.7 Å². The molecular formula is C26H24N4O6S. The van der Waals surface area contributed by atoms with Crippen molar-refractivity contribution in [2.24, 2.45) is 0 Å². The van der Waals surface area contributed by atoms with Gasteiger partial charge in [-0.1, -0.05) is 48.5 Å². The minimum Gasteiger partial charge on any atom is -0.489 e. The summed E-state index contributed by atoms with van der Waals surface area (Å²) in [6, 6.07) is 22.9. The molecule has 1 aromatic heterocycles. The number of amides is 1. The molecule has 1 amide bonds.